The molecule has 0 aromatic heterocycles. The summed E-state index contributed by atoms with van der Waals surface area (Å²) >= 11 is 0. The summed E-state index contributed by atoms with van der Waals surface area (Å²) in [6.45, 7) is -0.551. The van der Waals surface area contributed by atoms with Crippen molar-refractivity contribution in [2.75, 3.05) is 13.7 Å². The Hall–Kier alpha value is -3.00. The standard InChI is InChI=1S/C22H22O7/c1-27-19-17(29-21(25)16-10-6-3-7-11-16)12-13-18(23)22(19,26)14-28-20(24)15-8-4-2-5-9-15/h2-13,17-19,23,26H,14H2,1H3/t17-,18-,19-,22+/m1/s1. The Morgan fingerprint density at radius 3 is 2.03 bits per heavy atom. The van der Waals surface area contributed by atoms with Gasteiger partial charge < -0.3 is 24.4 Å². The second-order valence-electron chi connectivity index (χ2n) is 6.66. The maximum atomic E-state index is 12.4. The van der Waals surface area contributed by atoms with E-state index in [4.69, 9.17) is 14.2 Å². The van der Waals surface area contributed by atoms with Gasteiger partial charge >= 0.3 is 11.9 Å². The topological polar surface area (TPSA) is 102 Å². The maximum Gasteiger partial charge on any atom is 0.338 e. The molecule has 2 aromatic carbocycles. The summed E-state index contributed by atoms with van der Waals surface area (Å²) < 4.78 is 16.0. The molecule has 0 unspecified atom stereocenters. The number of methoxy groups -OCH3 is 1. The Kier molecular flexibility index (Phi) is 6.43. The molecule has 2 aromatic rings. The van der Waals surface area contributed by atoms with Gasteiger partial charge in [0, 0.05) is 7.11 Å². The van der Waals surface area contributed by atoms with E-state index in [1.165, 1.54) is 19.3 Å². The fourth-order valence-electron chi connectivity index (χ4n) is 3.15. The van der Waals surface area contributed by atoms with Crippen LogP contribution in [-0.4, -0.2) is 59.8 Å². The van der Waals surface area contributed by atoms with Crippen molar-refractivity contribution >= 4 is 11.9 Å². The summed E-state index contributed by atoms with van der Waals surface area (Å²) in [7, 11) is 1.31. The molecule has 3 rings (SSSR count). The van der Waals surface area contributed by atoms with E-state index in [2.05, 4.69) is 0 Å². The van der Waals surface area contributed by atoms with Gasteiger partial charge in [-0.1, -0.05) is 42.5 Å². The molecule has 7 nitrogen and oxygen atoms in total. The lowest BCUT2D eigenvalue weighted by atomic mass is 9.82. The zero-order valence-electron chi connectivity index (χ0n) is 15.8. The van der Waals surface area contributed by atoms with Crippen LogP contribution in [0, 0.1) is 0 Å². The van der Waals surface area contributed by atoms with Crippen LogP contribution in [-0.2, 0) is 14.2 Å². The van der Waals surface area contributed by atoms with Gasteiger partial charge in [0.25, 0.3) is 0 Å². The van der Waals surface area contributed by atoms with Crippen LogP contribution in [0.5, 0.6) is 0 Å². The second-order valence-corrected chi connectivity index (χ2v) is 6.66. The van der Waals surface area contributed by atoms with Gasteiger partial charge in [-0.3, -0.25) is 0 Å². The van der Waals surface area contributed by atoms with Gasteiger partial charge in [-0.2, -0.15) is 0 Å². The molecule has 0 fully saturated rings. The largest absolute Gasteiger partial charge is 0.459 e. The number of hydrogen-bond acceptors (Lipinski definition) is 7. The molecule has 0 saturated carbocycles. The Labute approximate surface area is 168 Å². The lowest BCUT2D eigenvalue weighted by Gasteiger charge is -2.42. The van der Waals surface area contributed by atoms with Gasteiger partial charge in [0.2, 0.25) is 0 Å². The highest BCUT2D eigenvalue weighted by atomic mass is 16.6. The first-order valence-corrected chi connectivity index (χ1v) is 9.05. The van der Waals surface area contributed by atoms with Gasteiger partial charge in [-0.15, -0.1) is 0 Å². The van der Waals surface area contributed by atoms with Crippen LogP contribution in [0.15, 0.2) is 72.8 Å². The lowest BCUT2D eigenvalue weighted by Crippen LogP contribution is -2.62. The van der Waals surface area contributed by atoms with E-state index >= 15 is 0 Å². The molecule has 29 heavy (non-hydrogen) atoms. The average molecular weight is 398 g/mol. The number of esters is 2. The van der Waals surface area contributed by atoms with Crippen molar-refractivity contribution in [2.45, 2.75) is 23.9 Å². The van der Waals surface area contributed by atoms with E-state index in [0.717, 1.165) is 0 Å². The first-order valence-electron chi connectivity index (χ1n) is 9.05. The Balaban J connectivity index is 1.74. The van der Waals surface area contributed by atoms with Crippen molar-refractivity contribution in [1.29, 1.82) is 0 Å². The van der Waals surface area contributed by atoms with Crippen molar-refractivity contribution in [3.63, 3.8) is 0 Å². The Morgan fingerprint density at radius 1 is 0.931 bits per heavy atom. The summed E-state index contributed by atoms with van der Waals surface area (Å²) in [6.07, 6.45) is -0.805. The molecule has 152 valence electrons. The van der Waals surface area contributed by atoms with Gasteiger partial charge in [0.05, 0.1) is 11.1 Å². The fraction of sp³-hybridized carbons (Fsp3) is 0.273. The van der Waals surface area contributed by atoms with Gasteiger partial charge in [-0.25, -0.2) is 9.59 Å². The van der Waals surface area contributed by atoms with Crippen LogP contribution in [0.1, 0.15) is 20.7 Å². The molecule has 0 saturated heterocycles. The van der Waals surface area contributed by atoms with E-state index in [1.54, 1.807) is 60.7 Å². The van der Waals surface area contributed by atoms with E-state index in [9.17, 15) is 19.8 Å². The van der Waals surface area contributed by atoms with Crippen molar-refractivity contribution in [3.05, 3.63) is 83.9 Å². The third kappa shape index (κ3) is 4.54. The number of carbonyl (C=O) groups excluding carboxylic acids is 2. The monoisotopic (exact) mass is 398 g/mol. The number of aliphatic hydroxyl groups is 2. The fourth-order valence-corrected chi connectivity index (χ4v) is 3.15. The van der Waals surface area contributed by atoms with Crippen LogP contribution in [0.4, 0.5) is 0 Å². The molecule has 0 aliphatic heterocycles. The summed E-state index contributed by atoms with van der Waals surface area (Å²) in [5, 5.41) is 21.4. The summed E-state index contributed by atoms with van der Waals surface area (Å²) in [4.78, 5) is 24.6. The van der Waals surface area contributed by atoms with E-state index in [-0.39, 0.29) is 0 Å². The molecular weight excluding hydrogens is 376 g/mol. The number of ether oxygens (including phenoxy) is 3. The smallest absolute Gasteiger partial charge is 0.338 e. The van der Waals surface area contributed by atoms with E-state index in [1.807, 2.05) is 0 Å². The molecule has 7 heteroatoms. The zero-order valence-corrected chi connectivity index (χ0v) is 15.8. The van der Waals surface area contributed by atoms with Gasteiger partial charge in [0.1, 0.15) is 24.9 Å². The second kappa shape index (κ2) is 9.00. The number of aliphatic hydroxyl groups excluding tert-OH is 1. The molecule has 4 atom stereocenters. The molecule has 1 aliphatic carbocycles. The maximum absolute atomic E-state index is 12.4. The number of benzene rings is 2. The van der Waals surface area contributed by atoms with Crippen molar-refractivity contribution in [3.8, 4) is 0 Å². The van der Waals surface area contributed by atoms with Crippen molar-refractivity contribution in [2.24, 2.45) is 0 Å². The van der Waals surface area contributed by atoms with Gasteiger partial charge in [0.15, 0.2) is 5.60 Å². The Bertz CT molecular complexity index is 865. The normalized spacial score (nSPS) is 26.0. The van der Waals surface area contributed by atoms with Crippen LogP contribution >= 0.6 is 0 Å². The van der Waals surface area contributed by atoms with Gasteiger partial charge in [-0.05, 0) is 30.3 Å². The molecule has 0 bridgehead atoms. The number of hydrogen-bond donors (Lipinski definition) is 2. The molecule has 0 radical (unpaired) electrons. The first-order chi connectivity index (χ1) is 14.0. The third-order valence-electron chi connectivity index (χ3n) is 4.74. The SMILES string of the molecule is CO[C@@H]1[C@H](OC(=O)c2ccccc2)C=C[C@@H](O)[C@@]1(O)COC(=O)c1ccccc1. The van der Waals surface area contributed by atoms with Crippen molar-refractivity contribution in [1.82, 2.24) is 0 Å². The third-order valence-corrected chi connectivity index (χ3v) is 4.74. The van der Waals surface area contributed by atoms with E-state index < -0.39 is 42.5 Å². The lowest BCUT2D eigenvalue weighted by molar-refractivity contribution is -0.193. The number of carbonyl (C=O) groups is 2. The summed E-state index contributed by atoms with van der Waals surface area (Å²) in [6, 6.07) is 16.6. The minimum absolute atomic E-state index is 0.304. The van der Waals surface area contributed by atoms with Crippen LogP contribution < -0.4 is 0 Å². The average Bonchev–Trinajstić information content (AvgIpc) is 2.76. The van der Waals surface area contributed by atoms with Crippen molar-refractivity contribution < 1.29 is 34.0 Å². The van der Waals surface area contributed by atoms with Crippen LogP contribution in [0.25, 0.3) is 0 Å². The molecule has 2 N–H and O–H groups in total. The highest BCUT2D eigenvalue weighted by molar-refractivity contribution is 5.90. The van der Waals surface area contributed by atoms with Crippen LogP contribution in [0.2, 0.25) is 0 Å². The summed E-state index contributed by atoms with van der Waals surface area (Å²) in [5.41, 5.74) is -1.37. The molecule has 0 spiro atoms. The highest BCUT2D eigenvalue weighted by Crippen LogP contribution is 2.30. The molecule has 0 heterocycles. The molecule has 1 aliphatic rings. The first kappa shape index (κ1) is 20.7. The van der Waals surface area contributed by atoms with Crippen LogP contribution in [0.3, 0.4) is 0 Å². The molecular formula is C22H22O7. The van der Waals surface area contributed by atoms with E-state index in [0.29, 0.717) is 11.1 Å². The quantitative estimate of drug-likeness (QED) is 0.564. The minimum Gasteiger partial charge on any atom is -0.459 e. The summed E-state index contributed by atoms with van der Waals surface area (Å²) in [5.74, 6) is -1.27. The number of rotatable bonds is 6. The predicted octanol–water partition coefficient (Wildman–Crippen LogP) is 1.75. The highest BCUT2D eigenvalue weighted by Gasteiger charge is 2.51. The molecule has 0 amide bonds. The predicted molar refractivity (Wildman–Crippen MR) is 103 cm³/mol. The minimum atomic E-state index is -2.00. The zero-order chi connectivity index (χ0) is 20.9. The Morgan fingerprint density at radius 2 is 1.48 bits per heavy atom.